The Morgan fingerprint density at radius 1 is 0.781 bits per heavy atom. The highest BCUT2D eigenvalue weighted by Gasteiger charge is 2.31. The maximum atomic E-state index is 13.3. The molecule has 0 N–H and O–H groups in total. The first-order valence-corrected chi connectivity index (χ1v) is 12.6. The lowest BCUT2D eigenvalue weighted by molar-refractivity contribution is -0.111. The minimum Gasteiger partial charge on any atom is -0.371 e. The van der Waals surface area contributed by atoms with Crippen molar-refractivity contribution in [3.63, 3.8) is 0 Å². The molecule has 32 heavy (non-hydrogen) atoms. The average Bonchev–Trinajstić information content (AvgIpc) is 3.50. The minimum absolute atomic E-state index is 0.261. The number of Topliss-reactive ketones (excluding diaryl/α,β-unsaturated/α-hetero) is 1. The monoisotopic (exact) mass is 422 g/mol. The highest BCUT2D eigenvalue weighted by atomic mass is 16.1. The SMILES string of the molecule is O=C1/C(=C/C2=C=C3CCN4CCCC(=C34)C2)CC/C1=C\c1cc2c3c(c1)CCN3CCC2. The number of rotatable bonds is 2. The van der Waals surface area contributed by atoms with Crippen LogP contribution in [0, 0.1) is 0 Å². The van der Waals surface area contributed by atoms with Gasteiger partial charge in [0.1, 0.15) is 0 Å². The second kappa shape index (κ2) is 7.12. The molecule has 1 saturated carbocycles. The van der Waals surface area contributed by atoms with Gasteiger partial charge in [-0.05, 0) is 103 Å². The Balaban J connectivity index is 1.18. The molecule has 4 aliphatic heterocycles. The van der Waals surface area contributed by atoms with Crippen LogP contribution in [0.15, 0.2) is 57.5 Å². The molecule has 0 atom stereocenters. The summed E-state index contributed by atoms with van der Waals surface area (Å²) in [7, 11) is 0. The first kappa shape index (κ1) is 18.8. The van der Waals surface area contributed by atoms with Gasteiger partial charge in [-0.15, -0.1) is 5.73 Å². The molecule has 1 saturated heterocycles. The van der Waals surface area contributed by atoms with Crippen molar-refractivity contribution in [2.45, 2.75) is 57.8 Å². The van der Waals surface area contributed by atoms with E-state index in [1.807, 2.05) is 0 Å². The van der Waals surface area contributed by atoms with Crippen molar-refractivity contribution in [1.82, 2.24) is 4.90 Å². The molecule has 1 aromatic carbocycles. The number of anilines is 1. The molecule has 2 aliphatic carbocycles. The number of hydrogen-bond acceptors (Lipinski definition) is 3. The second-order valence-corrected chi connectivity index (χ2v) is 10.3. The zero-order chi connectivity index (χ0) is 21.2. The normalized spacial score (nSPS) is 26.2. The molecule has 0 amide bonds. The minimum atomic E-state index is 0.261. The molecule has 0 radical (unpaired) electrons. The molecule has 0 spiro atoms. The number of nitrogens with zero attached hydrogens (tertiary/aromatic N) is 2. The number of ketones is 1. The van der Waals surface area contributed by atoms with Gasteiger partial charge in [-0.2, -0.15) is 0 Å². The number of benzene rings is 1. The van der Waals surface area contributed by atoms with Gasteiger partial charge in [0, 0.05) is 60.7 Å². The van der Waals surface area contributed by atoms with Crippen LogP contribution >= 0.6 is 0 Å². The van der Waals surface area contributed by atoms with Crippen LogP contribution in [0.5, 0.6) is 0 Å². The van der Waals surface area contributed by atoms with E-state index in [9.17, 15) is 4.79 Å². The molecule has 0 bridgehead atoms. The van der Waals surface area contributed by atoms with Crippen molar-refractivity contribution >= 4 is 17.5 Å². The first-order valence-electron chi connectivity index (χ1n) is 12.6. The van der Waals surface area contributed by atoms with E-state index in [0.717, 1.165) is 56.3 Å². The van der Waals surface area contributed by atoms with Gasteiger partial charge in [0.15, 0.2) is 5.78 Å². The van der Waals surface area contributed by atoms with Crippen LogP contribution in [0.25, 0.3) is 6.08 Å². The maximum absolute atomic E-state index is 13.3. The van der Waals surface area contributed by atoms with Crippen LogP contribution in [0.4, 0.5) is 5.69 Å². The summed E-state index contributed by atoms with van der Waals surface area (Å²) in [6.45, 7) is 4.72. The Labute approximate surface area is 190 Å². The summed E-state index contributed by atoms with van der Waals surface area (Å²) in [6.07, 6.45) is 14.2. The quantitative estimate of drug-likeness (QED) is 0.479. The Hall–Kier alpha value is -2.77. The van der Waals surface area contributed by atoms with Crippen LogP contribution in [0.2, 0.25) is 0 Å². The number of allylic oxidation sites excluding steroid dienone is 5. The predicted molar refractivity (Wildman–Crippen MR) is 129 cm³/mol. The van der Waals surface area contributed by atoms with Crippen LogP contribution in [0.3, 0.4) is 0 Å². The highest BCUT2D eigenvalue weighted by molar-refractivity contribution is 6.13. The molecule has 0 aromatic heterocycles. The largest absolute Gasteiger partial charge is 0.371 e. The number of hydrogen-bond donors (Lipinski definition) is 0. The van der Waals surface area contributed by atoms with Crippen molar-refractivity contribution in [2.24, 2.45) is 0 Å². The molecule has 0 unspecified atom stereocenters. The van der Waals surface area contributed by atoms with Crippen LogP contribution in [0.1, 0.15) is 61.6 Å². The fraction of sp³-hybridized carbons (Fsp3) is 0.448. The fourth-order valence-corrected chi connectivity index (χ4v) is 6.88. The smallest absolute Gasteiger partial charge is 0.185 e. The van der Waals surface area contributed by atoms with Crippen molar-refractivity contribution in [2.75, 3.05) is 31.1 Å². The number of carbonyl (C=O) groups excluding carboxylic acids is 1. The summed E-state index contributed by atoms with van der Waals surface area (Å²) < 4.78 is 0. The van der Waals surface area contributed by atoms with E-state index in [1.54, 1.807) is 5.57 Å². The molecule has 162 valence electrons. The van der Waals surface area contributed by atoms with E-state index >= 15 is 0 Å². The van der Waals surface area contributed by atoms with E-state index in [2.05, 4.69) is 39.8 Å². The van der Waals surface area contributed by atoms with E-state index in [-0.39, 0.29) is 5.78 Å². The van der Waals surface area contributed by atoms with Gasteiger partial charge in [0.05, 0.1) is 0 Å². The summed E-state index contributed by atoms with van der Waals surface area (Å²) in [6, 6.07) is 4.68. The lowest BCUT2D eigenvalue weighted by Crippen LogP contribution is -2.26. The zero-order valence-corrected chi connectivity index (χ0v) is 18.8. The highest BCUT2D eigenvalue weighted by Crippen LogP contribution is 2.41. The second-order valence-electron chi connectivity index (χ2n) is 10.3. The molecular weight excluding hydrogens is 392 g/mol. The molecule has 4 heterocycles. The van der Waals surface area contributed by atoms with Crippen molar-refractivity contribution < 1.29 is 4.79 Å². The Morgan fingerprint density at radius 2 is 1.53 bits per heavy atom. The molecule has 3 heteroatoms. The lowest BCUT2D eigenvalue weighted by atomic mass is 9.89. The van der Waals surface area contributed by atoms with Crippen LogP contribution in [-0.4, -0.2) is 36.9 Å². The van der Waals surface area contributed by atoms with Crippen molar-refractivity contribution in [3.8, 4) is 0 Å². The first-order chi connectivity index (χ1) is 15.7. The van der Waals surface area contributed by atoms with Crippen LogP contribution < -0.4 is 4.90 Å². The molecule has 1 aromatic rings. The molecule has 6 aliphatic rings. The van der Waals surface area contributed by atoms with Gasteiger partial charge in [-0.25, -0.2) is 0 Å². The van der Waals surface area contributed by atoms with Crippen molar-refractivity contribution in [3.05, 3.63) is 74.2 Å². The Kier molecular flexibility index (Phi) is 4.17. The third-order valence-electron chi connectivity index (χ3n) is 8.26. The topological polar surface area (TPSA) is 23.6 Å². The molecular formula is C29H30N2O. The zero-order valence-electron chi connectivity index (χ0n) is 18.8. The number of carbonyl (C=O) groups is 1. The predicted octanol–water partition coefficient (Wildman–Crippen LogP) is 5.28. The van der Waals surface area contributed by atoms with E-state index in [1.165, 1.54) is 78.0 Å². The van der Waals surface area contributed by atoms with Crippen molar-refractivity contribution in [1.29, 1.82) is 0 Å². The summed E-state index contributed by atoms with van der Waals surface area (Å²) in [5, 5.41) is 0. The van der Waals surface area contributed by atoms with Gasteiger partial charge >= 0.3 is 0 Å². The molecule has 3 nitrogen and oxygen atoms in total. The third-order valence-corrected chi connectivity index (χ3v) is 8.26. The Bertz CT molecular complexity index is 1220. The third kappa shape index (κ3) is 2.91. The van der Waals surface area contributed by atoms with Gasteiger partial charge in [-0.1, -0.05) is 0 Å². The summed E-state index contributed by atoms with van der Waals surface area (Å²) in [4.78, 5) is 18.4. The van der Waals surface area contributed by atoms with Gasteiger partial charge in [0.2, 0.25) is 0 Å². The fourth-order valence-electron chi connectivity index (χ4n) is 6.88. The standard InChI is InChI=1S/C29H30N2O/c32-29-25(17-19-13-21-3-1-9-30-11-7-23(15-19)27(21)30)5-6-26(29)18-20-14-22-4-2-10-31-12-8-24(16-20)28(22)31/h13,15,17-18H,1-12,14H2/b25-17+,26-18+. The average molecular weight is 423 g/mol. The Morgan fingerprint density at radius 3 is 2.44 bits per heavy atom. The summed E-state index contributed by atoms with van der Waals surface area (Å²) in [5.74, 6) is 0.261. The summed E-state index contributed by atoms with van der Waals surface area (Å²) in [5.41, 5.74) is 17.1. The summed E-state index contributed by atoms with van der Waals surface area (Å²) >= 11 is 0. The molecule has 2 fully saturated rings. The lowest BCUT2D eigenvalue weighted by Gasteiger charge is -2.29. The molecule has 7 rings (SSSR count). The van der Waals surface area contributed by atoms with Gasteiger partial charge in [0.25, 0.3) is 0 Å². The van der Waals surface area contributed by atoms with E-state index < -0.39 is 0 Å². The van der Waals surface area contributed by atoms with Gasteiger partial charge in [-0.3, -0.25) is 4.79 Å². The van der Waals surface area contributed by atoms with Gasteiger partial charge < -0.3 is 9.80 Å². The van der Waals surface area contributed by atoms with Crippen LogP contribution in [-0.2, 0) is 17.6 Å². The maximum Gasteiger partial charge on any atom is 0.185 e. The van der Waals surface area contributed by atoms with E-state index in [0.29, 0.717) is 0 Å². The number of aryl methyl sites for hydroxylation is 1. The van der Waals surface area contributed by atoms with E-state index in [4.69, 9.17) is 0 Å².